The molecule has 0 spiro atoms. The summed E-state index contributed by atoms with van der Waals surface area (Å²) in [5.41, 5.74) is 6.73. The van der Waals surface area contributed by atoms with E-state index >= 15 is 0 Å². The van der Waals surface area contributed by atoms with E-state index in [0.29, 0.717) is 12.0 Å². The molecule has 2 aromatic rings. The van der Waals surface area contributed by atoms with Gasteiger partial charge >= 0.3 is 0 Å². The third-order valence-electron chi connectivity index (χ3n) is 2.97. The predicted molar refractivity (Wildman–Crippen MR) is 81.2 cm³/mol. The zero-order chi connectivity index (χ0) is 13.8. The zero-order valence-electron chi connectivity index (χ0n) is 11.1. The van der Waals surface area contributed by atoms with Crippen molar-refractivity contribution in [1.29, 1.82) is 0 Å². The Bertz CT molecular complexity index is 589. The number of para-hydroxylation sites is 1. The zero-order valence-corrected chi connectivity index (χ0v) is 11.1. The van der Waals surface area contributed by atoms with Gasteiger partial charge in [-0.2, -0.15) is 0 Å². The minimum Gasteiger partial charge on any atom is -0.457 e. The highest BCUT2D eigenvalue weighted by atomic mass is 16.5. The van der Waals surface area contributed by atoms with Gasteiger partial charge in [0.15, 0.2) is 5.96 Å². The van der Waals surface area contributed by atoms with E-state index in [4.69, 9.17) is 10.5 Å². The molecule has 102 valence electrons. The van der Waals surface area contributed by atoms with Gasteiger partial charge in [-0.05, 0) is 49.2 Å². The fourth-order valence-corrected chi connectivity index (χ4v) is 1.81. The molecule has 0 atom stereocenters. The summed E-state index contributed by atoms with van der Waals surface area (Å²) in [6.07, 6.45) is 2.29. The Hall–Kier alpha value is -2.49. The van der Waals surface area contributed by atoms with Crippen molar-refractivity contribution in [3.05, 3.63) is 54.6 Å². The van der Waals surface area contributed by atoms with Crippen LogP contribution in [-0.2, 0) is 0 Å². The maximum absolute atomic E-state index is 5.82. The van der Waals surface area contributed by atoms with Crippen molar-refractivity contribution in [1.82, 2.24) is 0 Å². The topological polar surface area (TPSA) is 59.6 Å². The summed E-state index contributed by atoms with van der Waals surface area (Å²) in [5.74, 6) is 2.09. The standard InChI is InChI=1S/C16H17N3O/c17-16(18-12-6-7-12)19-13-8-10-15(11-9-13)20-14-4-2-1-3-5-14/h1-5,8-12H,6-7H2,(H3,17,18,19). The number of nitrogens with zero attached hydrogens (tertiary/aromatic N) is 1. The van der Waals surface area contributed by atoms with Crippen LogP contribution in [0.4, 0.5) is 5.69 Å². The van der Waals surface area contributed by atoms with E-state index in [2.05, 4.69) is 10.3 Å². The van der Waals surface area contributed by atoms with Crippen LogP contribution in [0.5, 0.6) is 11.5 Å². The van der Waals surface area contributed by atoms with E-state index in [1.807, 2.05) is 54.6 Å². The van der Waals surface area contributed by atoms with E-state index in [9.17, 15) is 0 Å². The highest BCUT2D eigenvalue weighted by Gasteiger charge is 2.20. The molecule has 3 N–H and O–H groups in total. The number of hydrogen-bond donors (Lipinski definition) is 2. The Balaban J connectivity index is 1.62. The lowest BCUT2D eigenvalue weighted by atomic mass is 10.3. The van der Waals surface area contributed by atoms with Crippen molar-refractivity contribution < 1.29 is 4.74 Å². The SMILES string of the molecule is NC(=NC1CC1)Nc1ccc(Oc2ccccc2)cc1. The second-order valence-corrected chi connectivity index (χ2v) is 4.81. The lowest BCUT2D eigenvalue weighted by Gasteiger charge is -2.08. The normalized spacial score (nSPS) is 14.9. The number of nitrogens with one attached hydrogen (secondary N) is 1. The van der Waals surface area contributed by atoms with Crippen LogP contribution in [0.25, 0.3) is 0 Å². The summed E-state index contributed by atoms with van der Waals surface area (Å²) in [4.78, 5) is 4.33. The second-order valence-electron chi connectivity index (χ2n) is 4.81. The highest BCUT2D eigenvalue weighted by molar-refractivity contribution is 5.92. The Labute approximate surface area is 118 Å². The molecule has 4 nitrogen and oxygen atoms in total. The largest absolute Gasteiger partial charge is 0.457 e. The summed E-state index contributed by atoms with van der Waals surface area (Å²) in [5, 5.41) is 3.08. The van der Waals surface area contributed by atoms with Crippen molar-refractivity contribution in [2.45, 2.75) is 18.9 Å². The number of aliphatic imine (C=N–C) groups is 1. The molecule has 0 unspecified atom stereocenters. The van der Waals surface area contributed by atoms with Gasteiger partial charge < -0.3 is 15.8 Å². The molecule has 0 aliphatic heterocycles. The highest BCUT2D eigenvalue weighted by Crippen LogP contribution is 2.24. The van der Waals surface area contributed by atoms with Crippen LogP contribution >= 0.6 is 0 Å². The lowest BCUT2D eigenvalue weighted by Crippen LogP contribution is -2.22. The number of anilines is 1. The molecule has 1 saturated carbocycles. The van der Waals surface area contributed by atoms with Crippen LogP contribution in [0.2, 0.25) is 0 Å². The molecule has 20 heavy (non-hydrogen) atoms. The fourth-order valence-electron chi connectivity index (χ4n) is 1.81. The van der Waals surface area contributed by atoms with Gasteiger partial charge in [-0.3, -0.25) is 0 Å². The molecular weight excluding hydrogens is 250 g/mol. The Morgan fingerprint density at radius 1 is 1.00 bits per heavy atom. The Kier molecular flexibility index (Phi) is 3.54. The van der Waals surface area contributed by atoms with E-state index in [1.165, 1.54) is 0 Å². The number of benzene rings is 2. The molecule has 4 heteroatoms. The van der Waals surface area contributed by atoms with Crippen LogP contribution < -0.4 is 15.8 Å². The number of ether oxygens (including phenoxy) is 1. The Morgan fingerprint density at radius 2 is 1.65 bits per heavy atom. The molecule has 3 rings (SSSR count). The van der Waals surface area contributed by atoms with E-state index in [1.54, 1.807) is 0 Å². The molecule has 0 saturated heterocycles. The van der Waals surface area contributed by atoms with Gasteiger partial charge in [-0.25, -0.2) is 4.99 Å². The first-order valence-electron chi connectivity index (χ1n) is 6.73. The number of rotatable bonds is 4. The van der Waals surface area contributed by atoms with Crippen molar-refractivity contribution in [3.63, 3.8) is 0 Å². The molecule has 0 amide bonds. The van der Waals surface area contributed by atoms with Crippen LogP contribution in [0.15, 0.2) is 59.6 Å². The average Bonchev–Trinajstić information content (AvgIpc) is 3.26. The molecule has 1 aliphatic rings. The van der Waals surface area contributed by atoms with Crippen molar-refractivity contribution in [2.24, 2.45) is 10.7 Å². The minimum absolute atomic E-state index is 0.420. The summed E-state index contributed by atoms with van der Waals surface area (Å²) in [6.45, 7) is 0. The van der Waals surface area contributed by atoms with Gasteiger partial charge in [0.05, 0.1) is 6.04 Å². The van der Waals surface area contributed by atoms with Crippen molar-refractivity contribution in [2.75, 3.05) is 5.32 Å². The van der Waals surface area contributed by atoms with Gasteiger partial charge in [0.25, 0.3) is 0 Å². The molecule has 1 aliphatic carbocycles. The third-order valence-corrected chi connectivity index (χ3v) is 2.97. The van der Waals surface area contributed by atoms with Crippen LogP contribution in [-0.4, -0.2) is 12.0 Å². The predicted octanol–water partition coefficient (Wildman–Crippen LogP) is 3.37. The summed E-state index contributed by atoms with van der Waals surface area (Å²) < 4.78 is 5.72. The first-order valence-corrected chi connectivity index (χ1v) is 6.73. The number of hydrogen-bond acceptors (Lipinski definition) is 2. The smallest absolute Gasteiger partial charge is 0.193 e. The maximum Gasteiger partial charge on any atom is 0.193 e. The molecule has 0 aromatic heterocycles. The molecule has 0 heterocycles. The number of guanidine groups is 1. The van der Waals surface area contributed by atoms with E-state index in [-0.39, 0.29) is 0 Å². The maximum atomic E-state index is 5.82. The summed E-state index contributed by atoms with van der Waals surface area (Å²) in [7, 11) is 0. The fraction of sp³-hybridized carbons (Fsp3) is 0.188. The van der Waals surface area contributed by atoms with E-state index in [0.717, 1.165) is 30.0 Å². The van der Waals surface area contributed by atoms with Gasteiger partial charge in [0.2, 0.25) is 0 Å². The summed E-state index contributed by atoms with van der Waals surface area (Å²) in [6, 6.07) is 17.8. The average molecular weight is 267 g/mol. The van der Waals surface area contributed by atoms with Crippen molar-refractivity contribution in [3.8, 4) is 11.5 Å². The lowest BCUT2D eigenvalue weighted by molar-refractivity contribution is 0.483. The minimum atomic E-state index is 0.420. The molecule has 1 fully saturated rings. The third kappa shape index (κ3) is 3.51. The second kappa shape index (κ2) is 5.65. The van der Waals surface area contributed by atoms with Crippen LogP contribution in [0.3, 0.4) is 0 Å². The van der Waals surface area contributed by atoms with Gasteiger partial charge in [-0.15, -0.1) is 0 Å². The van der Waals surface area contributed by atoms with Gasteiger partial charge in [0.1, 0.15) is 11.5 Å². The quantitative estimate of drug-likeness (QED) is 0.659. The monoisotopic (exact) mass is 267 g/mol. The van der Waals surface area contributed by atoms with E-state index < -0.39 is 0 Å². The molecule has 2 aromatic carbocycles. The van der Waals surface area contributed by atoms with Crippen LogP contribution in [0, 0.1) is 0 Å². The summed E-state index contributed by atoms with van der Waals surface area (Å²) >= 11 is 0. The first kappa shape index (κ1) is 12.5. The van der Waals surface area contributed by atoms with Gasteiger partial charge in [-0.1, -0.05) is 18.2 Å². The van der Waals surface area contributed by atoms with Crippen molar-refractivity contribution >= 4 is 11.6 Å². The molecular formula is C16H17N3O. The van der Waals surface area contributed by atoms with Gasteiger partial charge in [0, 0.05) is 5.69 Å². The molecule has 0 radical (unpaired) electrons. The Morgan fingerprint density at radius 3 is 2.30 bits per heavy atom. The first-order chi connectivity index (χ1) is 9.79. The van der Waals surface area contributed by atoms with Crippen LogP contribution in [0.1, 0.15) is 12.8 Å². The number of nitrogens with two attached hydrogens (primary N) is 1. The molecule has 0 bridgehead atoms.